The van der Waals surface area contributed by atoms with Crippen molar-refractivity contribution < 1.29 is 31.5 Å². The Morgan fingerprint density at radius 3 is 2.43 bits per heavy atom. The molecule has 4 rings (SSSR count). The van der Waals surface area contributed by atoms with Crippen molar-refractivity contribution in [1.29, 1.82) is 0 Å². The van der Waals surface area contributed by atoms with Crippen molar-refractivity contribution in [2.45, 2.75) is 12.1 Å². The molecule has 2 aromatic carbocycles. The molecule has 0 radical (unpaired) electrons. The van der Waals surface area contributed by atoms with Gasteiger partial charge in [-0.1, -0.05) is 35.9 Å². The van der Waals surface area contributed by atoms with Crippen LogP contribution < -0.4 is 10.1 Å². The zero-order valence-electron chi connectivity index (χ0n) is 17.6. The second kappa shape index (κ2) is 9.46. The van der Waals surface area contributed by atoms with Crippen molar-refractivity contribution in [1.82, 2.24) is 15.3 Å². The van der Waals surface area contributed by atoms with Gasteiger partial charge in [0.05, 0.1) is 34.4 Å². The monoisotopic (exact) mass is 507 g/mol. The van der Waals surface area contributed by atoms with E-state index in [1.807, 2.05) is 0 Å². The lowest BCUT2D eigenvalue weighted by atomic mass is 10.1. The number of para-hydroxylation sites is 1. The van der Waals surface area contributed by atoms with Gasteiger partial charge in [0.15, 0.2) is 5.75 Å². The van der Waals surface area contributed by atoms with Crippen molar-refractivity contribution >= 4 is 28.4 Å². The summed E-state index contributed by atoms with van der Waals surface area (Å²) in [5, 5.41) is 2.60. The van der Waals surface area contributed by atoms with E-state index in [0.29, 0.717) is 5.52 Å². The van der Waals surface area contributed by atoms with Gasteiger partial charge in [-0.05, 0) is 36.4 Å². The average Bonchev–Trinajstić information content (AvgIpc) is 2.82. The van der Waals surface area contributed by atoms with Gasteiger partial charge in [0, 0.05) is 11.6 Å². The highest BCUT2D eigenvalue weighted by Crippen LogP contribution is 2.35. The third-order valence-corrected chi connectivity index (χ3v) is 5.15. The van der Waals surface area contributed by atoms with Crippen LogP contribution in [0.1, 0.15) is 21.6 Å². The fourth-order valence-corrected chi connectivity index (χ4v) is 3.37. The molecule has 4 aromatic rings. The number of hydrogen-bond donors (Lipinski definition) is 1. The molecule has 5 nitrogen and oxygen atoms in total. The molecule has 0 aliphatic carbocycles. The molecule has 2 aromatic heterocycles. The van der Waals surface area contributed by atoms with Crippen LogP contribution in [0.3, 0.4) is 0 Å². The van der Waals surface area contributed by atoms with Crippen LogP contribution in [0.5, 0.6) is 11.5 Å². The molecule has 0 saturated carbocycles. The number of aromatic nitrogens is 2. The second-order valence-corrected chi connectivity index (χ2v) is 7.83. The lowest BCUT2D eigenvalue weighted by molar-refractivity contribution is -0.137. The maximum atomic E-state index is 14.6. The zero-order chi connectivity index (χ0) is 25.2. The van der Waals surface area contributed by atoms with E-state index in [4.69, 9.17) is 16.3 Å². The number of carbonyl (C=O) groups is 1. The molecule has 0 atom stereocenters. The number of halogens is 6. The Morgan fingerprint density at radius 1 is 0.943 bits per heavy atom. The number of hydrogen-bond acceptors (Lipinski definition) is 4. The van der Waals surface area contributed by atoms with E-state index in [9.17, 15) is 26.7 Å². The van der Waals surface area contributed by atoms with E-state index in [1.165, 1.54) is 18.2 Å². The van der Waals surface area contributed by atoms with Gasteiger partial charge in [-0.15, -0.1) is 0 Å². The van der Waals surface area contributed by atoms with Crippen molar-refractivity contribution in [3.05, 3.63) is 94.9 Å². The fourth-order valence-electron chi connectivity index (χ4n) is 3.26. The summed E-state index contributed by atoms with van der Waals surface area (Å²) in [5.74, 6) is -4.86. The molecule has 0 unspecified atom stereocenters. The summed E-state index contributed by atoms with van der Waals surface area (Å²) in [4.78, 5) is 20.8. The van der Waals surface area contributed by atoms with E-state index in [0.717, 1.165) is 36.7 Å². The molecular formula is C24H15ClF5N3O2. The van der Waals surface area contributed by atoms with Gasteiger partial charge in [-0.2, -0.15) is 22.0 Å². The van der Waals surface area contributed by atoms with Gasteiger partial charge in [0.2, 0.25) is 0 Å². The molecule has 0 saturated heterocycles. The predicted molar refractivity (Wildman–Crippen MR) is 119 cm³/mol. The van der Waals surface area contributed by atoms with Crippen LogP contribution in [0, 0.1) is 0 Å². The molecule has 1 N–H and O–H groups in total. The van der Waals surface area contributed by atoms with Crippen LogP contribution in [0.15, 0.2) is 73.1 Å². The van der Waals surface area contributed by atoms with E-state index in [2.05, 4.69) is 15.3 Å². The number of amides is 1. The predicted octanol–water partition coefficient (Wildman–Crippen LogP) is 6.62. The maximum absolute atomic E-state index is 14.6. The van der Waals surface area contributed by atoms with Crippen LogP contribution in [-0.2, 0) is 12.1 Å². The quantitative estimate of drug-likeness (QED) is 0.298. The lowest BCUT2D eigenvalue weighted by Gasteiger charge is -2.18. The molecule has 180 valence electrons. The van der Waals surface area contributed by atoms with Crippen molar-refractivity contribution in [2.24, 2.45) is 0 Å². The Hall–Kier alpha value is -3.79. The Morgan fingerprint density at radius 2 is 1.71 bits per heavy atom. The Labute approximate surface area is 200 Å². The molecule has 0 spiro atoms. The van der Waals surface area contributed by atoms with E-state index < -0.39 is 35.8 Å². The second-order valence-electron chi connectivity index (χ2n) is 7.39. The summed E-state index contributed by atoms with van der Waals surface area (Å²) in [7, 11) is 0. The maximum Gasteiger partial charge on any atom is 0.416 e. The summed E-state index contributed by atoms with van der Waals surface area (Å²) < 4.78 is 74.0. The van der Waals surface area contributed by atoms with Crippen molar-refractivity contribution in [2.75, 3.05) is 6.54 Å². The van der Waals surface area contributed by atoms with E-state index in [1.54, 1.807) is 18.2 Å². The molecular weight excluding hydrogens is 493 g/mol. The third-order valence-electron chi connectivity index (χ3n) is 4.93. The highest BCUT2D eigenvalue weighted by Gasteiger charge is 2.34. The SMILES string of the molecule is O=C(NCC(F)(F)c1ccc(Cl)cn1)c1c(Oc2cccc(C(F)(F)F)c2)cnc2ccccc12. The van der Waals surface area contributed by atoms with E-state index >= 15 is 0 Å². The zero-order valence-corrected chi connectivity index (χ0v) is 18.4. The summed E-state index contributed by atoms with van der Waals surface area (Å²) in [6, 6.07) is 12.7. The number of carbonyl (C=O) groups excluding carboxylic acids is 1. The highest BCUT2D eigenvalue weighted by atomic mass is 35.5. The first-order chi connectivity index (χ1) is 16.5. The van der Waals surface area contributed by atoms with Crippen molar-refractivity contribution in [3.63, 3.8) is 0 Å². The van der Waals surface area contributed by atoms with Gasteiger partial charge in [-0.25, -0.2) is 0 Å². The van der Waals surface area contributed by atoms with Gasteiger partial charge in [-0.3, -0.25) is 14.8 Å². The van der Waals surface area contributed by atoms with Crippen molar-refractivity contribution in [3.8, 4) is 11.5 Å². The minimum absolute atomic E-state index is 0.159. The molecule has 0 aliphatic heterocycles. The number of nitrogens with one attached hydrogen (secondary N) is 1. The first kappa shape index (κ1) is 24.3. The summed E-state index contributed by atoms with van der Waals surface area (Å²) in [6.07, 6.45) is -2.40. The standard InChI is InChI=1S/C24H15ClF5N3O2/c25-15-8-9-20(32-11-15)23(26,27)13-33-22(34)21-17-6-1-2-7-18(17)31-12-19(21)35-16-5-3-4-14(10-16)24(28,29)30/h1-12H,13H2,(H,33,34). The molecule has 0 bridgehead atoms. The highest BCUT2D eigenvalue weighted by molar-refractivity contribution is 6.30. The first-order valence-electron chi connectivity index (χ1n) is 10.1. The smallest absolute Gasteiger partial charge is 0.416 e. The molecule has 11 heteroatoms. The Kier molecular flexibility index (Phi) is 6.58. The van der Waals surface area contributed by atoms with Gasteiger partial charge in [0.25, 0.3) is 5.91 Å². The molecule has 2 heterocycles. The number of fused-ring (bicyclic) bond motifs is 1. The van der Waals surface area contributed by atoms with E-state index in [-0.39, 0.29) is 27.5 Å². The third kappa shape index (κ3) is 5.48. The minimum atomic E-state index is -4.61. The lowest BCUT2D eigenvalue weighted by Crippen LogP contribution is -2.35. The Bertz CT molecular complexity index is 1380. The number of alkyl halides is 5. The fraction of sp³-hybridized carbons (Fsp3) is 0.125. The normalized spacial score (nSPS) is 11.9. The van der Waals surface area contributed by atoms with Gasteiger partial charge < -0.3 is 10.1 Å². The number of benzene rings is 2. The molecule has 1 amide bonds. The largest absolute Gasteiger partial charge is 0.455 e. The summed E-state index contributed by atoms with van der Waals surface area (Å²) in [6.45, 7) is -1.10. The molecule has 35 heavy (non-hydrogen) atoms. The average molecular weight is 508 g/mol. The van der Waals surface area contributed by atoms with Crippen LogP contribution in [-0.4, -0.2) is 22.4 Å². The molecule has 0 aliphatic rings. The van der Waals surface area contributed by atoms with Crippen LogP contribution >= 0.6 is 11.6 Å². The summed E-state index contributed by atoms with van der Waals surface area (Å²) in [5.41, 5.74) is -1.35. The summed E-state index contributed by atoms with van der Waals surface area (Å²) >= 11 is 5.68. The molecule has 0 fully saturated rings. The van der Waals surface area contributed by atoms with Crippen LogP contribution in [0.4, 0.5) is 22.0 Å². The van der Waals surface area contributed by atoms with Gasteiger partial charge in [0.1, 0.15) is 11.4 Å². The van der Waals surface area contributed by atoms with Crippen LogP contribution in [0.2, 0.25) is 5.02 Å². The number of pyridine rings is 2. The van der Waals surface area contributed by atoms with Gasteiger partial charge >= 0.3 is 12.1 Å². The number of rotatable bonds is 6. The topological polar surface area (TPSA) is 64.1 Å². The first-order valence-corrected chi connectivity index (χ1v) is 10.4. The number of nitrogens with zero attached hydrogens (tertiary/aromatic N) is 2. The van der Waals surface area contributed by atoms with Crippen LogP contribution in [0.25, 0.3) is 10.9 Å². The number of ether oxygens (including phenoxy) is 1. The Balaban J connectivity index is 1.66. The minimum Gasteiger partial charge on any atom is -0.455 e.